The molecule has 82 valence electrons. The fourth-order valence-electron chi connectivity index (χ4n) is 1.66. The molecule has 0 aromatic carbocycles. The molecule has 1 rings (SSSR count). The summed E-state index contributed by atoms with van der Waals surface area (Å²) in [6.07, 6.45) is 5.49. The van der Waals surface area contributed by atoms with Crippen LogP contribution in [0.2, 0.25) is 0 Å². The van der Waals surface area contributed by atoms with E-state index in [9.17, 15) is 4.79 Å². The second kappa shape index (κ2) is 4.86. The number of aliphatic imine (C=N–C) groups is 1. The molecule has 0 aromatic heterocycles. The molecule has 0 aliphatic carbocycles. The van der Waals surface area contributed by atoms with Crippen molar-refractivity contribution < 1.29 is 19.5 Å². The molecule has 0 aromatic rings. The average molecular weight is 211 g/mol. The van der Waals surface area contributed by atoms with Crippen LogP contribution in [-0.4, -0.2) is 46.2 Å². The lowest BCUT2D eigenvalue weighted by Crippen LogP contribution is -2.51. The van der Waals surface area contributed by atoms with Gasteiger partial charge in [0.1, 0.15) is 12.7 Å². The predicted molar refractivity (Wildman–Crippen MR) is 56.1 cm³/mol. The molecule has 1 aliphatic rings. The highest BCUT2D eigenvalue weighted by Gasteiger charge is 2.36. The van der Waals surface area contributed by atoms with Crippen LogP contribution in [0.15, 0.2) is 30.0 Å². The van der Waals surface area contributed by atoms with Gasteiger partial charge < -0.3 is 10.2 Å². The van der Waals surface area contributed by atoms with Crippen molar-refractivity contribution >= 4 is 11.8 Å². The summed E-state index contributed by atoms with van der Waals surface area (Å²) in [7, 11) is 0. The molecule has 0 amide bonds. The Morgan fingerprint density at radius 3 is 2.93 bits per heavy atom. The molecule has 0 fully saturated rings. The Hall–Kier alpha value is -1.46. The third kappa shape index (κ3) is 2.51. The van der Waals surface area contributed by atoms with Crippen molar-refractivity contribution in [2.45, 2.75) is 6.42 Å². The summed E-state index contributed by atoms with van der Waals surface area (Å²) in [6.45, 7) is 3.76. The number of hydrogen-bond acceptors (Lipinski definition) is 3. The molecule has 15 heavy (non-hydrogen) atoms. The molecule has 0 radical (unpaired) electrons. The zero-order valence-electron chi connectivity index (χ0n) is 8.46. The molecule has 2 N–H and O–H groups in total. The molecule has 0 saturated carbocycles. The van der Waals surface area contributed by atoms with E-state index in [4.69, 9.17) is 10.2 Å². The van der Waals surface area contributed by atoms with Crippen LogP contribution in [0.5, 0.6) is 0 Å². The number of aliphatic carboxylic acids is 1. The second-order valence-corrected chi connectivity index (χ2v) is 3.37. The molecule has 1 heterocycles. The van der Waals surface area contributed by atoms with Crippen LogP contribution in [-0.2, 0) is 4.79 Å². The molecular formula is C10H15N2O3+. The number of carboxylic acid groups (broad SMARTS) is 1. The number of rotatable bonds is 6. The molecule has 0 saturated heterocycles. The van der Waals surface area contributed by atoms with Crippen molar-refractivity contribution in [3.8, 4) is 0 Å². The maximum atomic E-state index is 10.8. The van der Waals surface area contributed by atoms with Gasteiger partial charge in [0.25, 0.3) is 0 Å². The SMILES string of the molecule is C=CCC1=NC=C[N+]1(CCO)CC(=O)O. The van der Waals surface area contributed by atoms with Crippen LogP contribution in [0.1, 0.15) is 6.42 Å². The van der Waals surface area contributed by atoms with Crippen molar-refractivity contribution in [1.82, 2.24) is 0 Å². The Morgan fingerprint density at radius 2 is 2.40 bits per heavy atom. The van der Waals surface area contributed by atoms with Crippen LogP contribution in [0.4, 0.5) is 0 Å². The van der Waals surface area contributed by atoms with Crippen LogP contribution >= 0.6 is 0 Å². The number of carboxylic acids is 1. The van der Waals surface area contributed by atoms with Crippen molar-refractivity contribution in [2.24, 2.45) is 4.99 Å². The van der Waals surface area contributed by atoms with E-state index in [0.29, 0.717) is 18.8 Å². The Morgan fingerprint density at radius 1 is 1.67 bits per heavy atom. The minimum Gasteiger partial charge on any atom is -0.477 e. The second-order valence-electron chi connectivity index (χ2n) is 3.37. The van der Waals surface area contributed by atoms with Crippen molar-refractivity contribution in [3.63, 3.8) is 0 Å². The van der Waals surface area contributed by atoms with Crippen LogP contribution < -0.4 is 0 Å². The zero-order chi connectivity index (χ0) is 11.3. The maximum Gasteiger partial charge on any atom is 0.360 e. The Bertz CT molecular complexity index is 323. The topological polar surface area (TPSA) is 69.9 Å². The van der Waals surface area contributed by atoms with Gasteiger partial charge in [0.2, 0.25) is 5.84 Å². The van der Waals surface area contributed by atoms with E-state index in [1.54, 1.807) is 18.5 Å². The first kappa shape index (κ1) is 11.6. The summed E-state index contributed by atoms with van der Waals surface area (Å²) in [5, 5.41) is 17.8. The van der Waals surface area contributed by atoms with E-state index < -0.39 is 5.97 Å². The van der Waals surface area contributed by atoms with Gasteiger partial charge in [-0.05, 0) is 0 Å². The van der Waals surface area contributed by atoms with Crippen molar-refractivity contribution in [3.05, 3.63) is 25.1 Å². The van der Waals surface area contributed by atoms with E-state index in [0.717, 1.165) is 0 Å². The normalized spacial score (nSPS) is 23.9. The largest absolute Gasteiger partial charge is 0.477 e. The first-order valence-corrected chi connectivity index (χ1v) is 4.70. The molecular weight excluding hydrogens is 196 g/mol. The Balaban J connectivity index is 2.89. The highest BCUT2D eigenvalue weighted by molar-refractivity contribution is 5.82. The van der Waals surface area contributed by atoms with E-state index in [1.165, 1.54) is 0 Å². The Labute approximate surface area is 88.3 Å². The summed E-state index contributed by atoms with van der Waals surface area (Å²) >= 11 is 0. The number of aliphatic hydroxyl groups is 1. The molecule has 5 heteroatoms. The molecule has 1 unspecified atom stereocenters. The van der Waals surface area contributed by atoms with Gasteiger partial charge in [-0.25, -0.2) is 14.3 Å². The van der Waals surface area contributed by atoms with Gasteiger partial charge in [-0.1, -0.05) is 6.08 Å². The Kier molecular flexibility index (Phi) is 3.76. The van der Waals surface area contributed by atoms with Gasteiger partial charge in [-0.2, -0.15) is 0 Å². The molecule has 0 bridgehead atoms. The number of carbonyl (C=O) groups is 1. The highest BCUT2D eigenvalue weighted by Crippen LogP contribution is 2.18. The van der Waals surface area contributed by atoms with Crippen molar-refractivity contribution in [1.29, 1.82) is 0 Å². The fourth-order valence-corrected chi connectivity index (χ4v) is 1.66. The van der Waals surface area contributed by atoms with E-state index in [-0.39, 0.29) is 17.6 Å². The molecule has 0 spiro atoms. The lowest BCUT2D eigenvalue weighted by Gasteiger charge is -2.29. The van der Waals surface area contributed by atoms with Gasteiger partial charge in [-0.3, -0.25) is 0 Å². The quantitative estimate of drug-likeness (QED) is 0.491. The van der Waals surface area contributed by atoms with Gasteiger partial charge in [0.15, 0.2) is 6.54 Å². The fraction of sp³-hybridized carbons (Fsp3) is 0.400. The van der Waals surface area contributed by atoms with Crippen LogP contribution in [0, 0.1) is 0 Å². The standard InChI is InChI=1S/C10H14N2O3/c1-2-3-9-11-4-5-12(9,6-7-13)8-10(14)15/h2,4-5,13H,1,3,6-8H2/p+1. The van der Waals surface area contributed by atoms with Gasteiger partial charge in [0, 0.05) is 0 Å². The van der Waals surface area contributed by atoms with Crippen LogP contribution in [0.3, 0.4) is 0 Å². The molecule has 1 atom stereocenters. The lowest BCUT2D eigenvalue weighted by molar-refractivity contribution is -0.780. The number of nitrogens with zero attached hydrogens (tertiary/aromatic N) is 2. The minimum absolute atomic E-state index is 0.0756. The predicted octanol–water partition coefficient (Wildman–Crippen LogP) is 0.339. The third-order valence-electron chi connectivity index (χ3n) is 2.33. The maximum absolute atomic E-state index is 10.8. The average Bonchev–Trinajstić information content (AvgIpc) is 2.49. The van der Waals surface area contributed by atoms with Crippen molar-refractivity contribution in [2.75, 3.05) is 19.7 Å². The zero-order valence-corrected chi connectivity index (χ0v) is 8.46. The number of hydrogen-bond donors (Lipinski definition) is 2. The van der Waals surface area contributed by atoms with E-state index in [1.807, 2.05) is 0 Å². The summed E-state index contributed by atoms with van der Waals surface area (Å²) in [5.74, 6) is -0.201. The summed E-state index contributed by atoms with van der Waals surface area (Å²) in [4.78, 5) is 14.9. The molecule has 5 nitrogen and oxygen atoms in total. The van der Waals surface area contributed by atoms with Gasteiger partial charge in [0.05, 0.1) is 19.2 Å². The summed E-state index contributed by atoms with van der Waals surface area (Å²) in [5.41, 5.74) is 0. The first-order chi connectivity index (χ1) is 7.14. The summed E-state index contributed by atoms with van der Waals surface area (Å²) in [6, 6.07) is 0. The van der Waals surface area contributed by atoms with Gasteiger partial charge in [-0.15, -0.1) is 6.58 Å². The lowest BCUT2D eigenvalue weighted by atomic mass is 10.2. The number of amidine groups is 1. The minimum atomic E-state index is -0.910. The van der Waals surface area contributed by atoms with E-state index in [2.05, 4.69) is 11.6 Å². The smallest absolute Gasteiger partial charge is 0.360 e. The van der Waals surface area contributed by atoms with Gasteiger partial charge >= 0.3 is 5.97 Å². The third-order valence-corrected chi connectivity index (χ3v) is 2.33. The number of quaternary nitrogens is 1. The first-order valence-electron chi connectivity index (χ1n) is 4.70. The summed E-state index contributed by atoms with van der Waals surface area (Å²) < 4.78 is 0.0951. The highest BCUT2D eigenvalue weighted by atomic mass is 16.4. The monoisotopic (exact) mass is 211 g/mol. The number of aliphatic hydroxyl groups excluding tert-OH is 1. The van der Waals surface area contributed by atoms with E-state index >= 15 is 0 Å². The molecule has 1 aliphatic heterocycles. The van der Waals surface area contributed by atoms with Crippen LogP contribution in [0.25, 0.3) is 0 Å².